The molecule has 2 nitrogen and oxygen atoms in total. The lowest BCUT2D eigenvalue weighted by Crippen LogP contribution is -2.30. The number of halogens is 5. The Morgan fingerprint density at radius 1 is 0.950 bits per heavy atom. The third-order valence-electron chi connectivity index (χ3n) is 2.81. The van der Waals surface area contributed by atoms with Gasteiger partial charge >= 0.3 is 0 Å². The minimum Gasteiger partial charge on any atom is -0.271 e. The first-order valence-electron chi connectivity index (χ1n) is 5.50. The van der Waals surface area contributed by atoms with E-state index in [0.29, 0.717) is 0 Å². The molecule has 2 rings (SSSR count). The summed E-state index contributed by atoms with van der Waals surface area (Å²) in [7, 11) is 0. The third kappa shape index (κ3) is 2.63. The van der Waals surface area contributed by atoms with Gasteiger partial charge in [-0.05, 0) is 29.8 Å². The van der Waals surface area contributed by atoms with Crippen LogP contribution in [-0.4, -0.2) is 0 Å². The Labute approximate surface area is 117 Å². The number of rotatable bonds is 3. The van der Waals surface area contributed by atoms with Crippen molar-refractivity contribution >= 4 is 11.6 Å². The summed E-state index contributed by atoms with van der Waals surface area (Å²) >= 11 is 5.89. The second-order valence-corrected chi connectivity index (χ2v) is 4.44. The fourth-order valence-corrected chi connectivity index (χ4v) is 2.07. The van der Waals surface area contributed by atoms with Crippen LogP contribution >= 0.6 is 11.6 Å². The van der Waals surface area contributed by atoms with Gasteiger partial charge in [0, 0.05) is 10.6 Å². The van der Waals surface area contributed by atoms with Gasteiger partial charge in [-0.25, -0.2) is 23.0 Å². The number of hydrogen-bond donors (Lipinski definition) is 2. The fourth-order valence-electron chi connectivity index (χ4n) is 1.85. The largest absolute Gasteiger partial charge is 0.271 e. The van der Waals surface area contributed by atoms with Crippen LogP contribution in [0.1, 0.15) is 17.2 Å². The van der Waals surface area contributed by atoms with Gasteiger partial charge in [0.25, 0.3) is 0 Å². The van der Waals surface area contributed by atoms with Gasteiger partial charge in [0.2, 0.25) is 0 Å². The summed E-state index contributed by atoms with van der Waals surface area (Å²) in [6, 6.07) is 4.06. The van der Waals surface area contributed by atoms with E-state index in [4.69, 9.17) is 17.4 Å². The van der Waals surface area contributed by atoms with Crippen molar-refractivity contribution in [2.24, 2.45) is 5.84 Å². The highest BCUT2D eigenvalue weighted by Gasteiger charge is 2.23. The lowest BCUT2D eigenvalue weighted by molar-refractivity contribution is 0.433. The van der Waals surface area contributed by atoms with Crippen LogP contribution in [0.4, 0.5) is 17.6 Å². The van der Waals surface area contributed by atoms with Crippen LogP contribution in [0.3, 0.4) is 0 Å². The molecule has 0 aliphatic heterocycles. The standard InChI is InChI=1S/C13H9ClF4N2/c14-9-3-1-6(15)5-8(9)13(20-19)7-2-4-10(16)12(18)11(7)17/h1-5,13,20H,19H2. The zero-order valence-corrected chi connectivity index (χ0v) is 10.7. The first-order chi connectivity index (χ1) is 9.45. The Balaban J connectivity index is 2.58. The maximum Gasteiger partial charge on any atom is 0.194 e. The monoisotopic (exact) mass is 304 g/mol. The number of nitrogens with two attached hydrogens (primary N) is 1. The summed E-state index contributed by atoms with van der Waals surface area (Å²) in [6.45, 7) is 0. The van der Waals surface area contributed by atoms with Crippen molar-refractivity contribution < 1.29 is 17.6 Å². The van der Waals surface area contributed by atoms with Crippen molar-refractivity contribution in [2.75, 3.05) is 0 Å². The quantitative estimate of drug-likeness (QED) is 0.394. The van der Waals surface area contributed by atoms with E-state index in [-0.39, 0.29) is 16.1 Å². The summed E-state index contributed by atoms with van der Waals surface area (Å²) in [5.74, 6) is 0.316. The molecule has 0 fully saturated rings. The molecule has 1 atom stereocenters. The molecular weight excluding hydrogens is 296 g/mol. The zero-order valence-electron chi connectivity index (χ0n) is 9.93. The van der Waals surface area contributed by atoms with Crippen molar-refractivity contribution in [1.82, 2.24) is 5.43 Å². The zero-order chi connectivity index (χ0) is 14.9. The molecule has 3 N–H and O–H groups in total. The second kappa shape index (κ2) is 5.78. The minimum atomic E-state index is -1.63. The maximum absolute atomic E-state index is 13.8. The van der Waals surface area contributed by atoms with Gasteiger partial charge in [-0.3, -0.25) is 5.84 Å². The van der Waals surface area contributed by atoms with Crippen molar-refractivity contribution in [3.63, 3.8) is 0 Å². The van der Waals surface area contributed by atoms with Crippen molar-refractivity contribution in [3.8, 4) is 0 Å². The summed E-state index contributed by atoms with van der Waals surface area (Å²) in [4.78, 5) is 0. The Hall–Kier alpha value is -1.63. The van der Waals surface area contributed by atoms with Gasteiger partial charge in [-0.15, -0.1) is 0 Å². The summed E-state index contributed by atoms with van der Waals surface area (Å²) in [6.07, 6.45) is 0. The fraction of sp³-hybridized carbons (Fsp3) is 0.0769. The molecule has 2 aromatic rings. The molecule has 0 spiro atoms. The molecule has 0 heterocycles. The highest BCUT2D eigenvalue weighted by molar-refractivity contribution is 6.31. The first kappa shape index (κ1) is 14.8. The predicted octanol–water partition coefficient (Wildman–Crippen LogP) is 3.45. The molecule has 2 aromatic carbocycles. The molecule has 0 aliphatic rings. The number of hydrogen-bond acceptors (Lipinski definition) is 2. The highest BCUT2D eigenvalue weighted by atomic mass is 35.5. The minimum absolute atomic E-state index is 0.110. The first-order valence-corrected chi connectivity index (χ1v) is 5.88. The third-order valence-corrected chi connectivity index (χ3v) is 3.16. The molecular formula is C13H9ClF4N2. The molecule has 0 radical (unpaired) electrons. The Kier molecular flexibility index (Phi) is 4.27. The van der Waals surface area contributed by atoms with E-state index < -0.39 is 29.3 Å². The van der Waals surface area contributed by atoms with Crippen LogP contribution in [0.5, 0.6) is 0 Å². The molecule has 7 heteroatoms. The van der Waals surface area contributed by atoms with E-state index in [1.807, 2.05) is 0 Å². The van der Waals surface area contributed by atoms with E-state index in [9.17, 15) is 17.6 Å². The SMILES string of the molecule is NNC(c1cc(F)ccc1Cl)c1ccc(F)c(F)c1F. The van der Waals surface area contributed by atoms with Gasteiger partial charge < -0.3 is 0 Å². The molecule has 106 valence electrons. The van der Waals surface area contributed by atoms with Gasteiger partial charge in [0.15, 0.2) is 17.5 Å². The highest BCUT2D eigenvalue weighted by Crippen LogP contribution is 2.31. The van der Waals surface area contributed by atoms with E-state index in [1.165, 1.54) is 6.07 Å². The number of hydrazine groups is 1. The van der Waals surface area contributed by atoms with Crippen LogP contribution in [0.2, 0.25) is 5.02 Å². The van der Waals surface area contributed by atoms with Crippen LogP contribution in [0.25, 0.3) is 0 Å². The molecule has 0 aliphatic carbocycles. The Morgan fingerprint density at radius 3 is 2.30 bits per heavy atom. The molecule has 20 heavy (non-hydrogen) atoms. The van der Waals surface area contributed by atoms with Crippen LogP contribution in [0.15, 0.2) is 30.3 Å². The van der Waals surface area contributed by atoms with E-state index in [1.54, 1.807) is 0 Å². The van der Waals surface area contributed by atoms with Crippen molar-refractivity contribution in [3.05, 3.63) is 69.8 Å². The summed E-state index contributed by atoms with van der Waals surface area (Å²) in [5, 5.41) is 0.110. The Bertz CT molecular complexity index is 649. The van der Waals surface area contributed by atoms with Crippen LogP contribution in [-0.2, 0) is 0 Å². The number of nitrogens with one attached hydrogen (secondary N) is 1. The topological polar surface area (TPSA) is 38.0 Å². The van der Waals surface area contributed by atoms with E-state index >= 15 is 0 Å². The molecule has 0 saturated carbocycles. The van der Waals surface area contributed by atoms with Crippen molar-refractivity contribution in [2.45, 2.75) is 6.04 Å². The summed E-state index contributed by atoms with van der Waals surface area (Å²) < 4.78 is 53.2. The van der Waals surface area contributed by atoms with Gasteiger partial charge in [-0.1, -0.05) is 17.7 Å². The number of benzene rings is 2. The normalized spacial score (nSPS) is 12.5. The average molecular weight is 305 g/mol. The van der Waals surface area contributed by atoms with E-state index in [0.717, 1.165) is 24.3 Å². The maximum atomic E-state index is 13.8. The summed E-state index contributed by atoms with van der Waals surface area (Å²) in [5.41, 5.74) is 2.04. The Morgan fingerprint density at radius 2 is 1.65 bits per heavy atom. The van der Waals surface area contributed by atoms with Gasteiger partial charge in [0.05, 0.1) is 6.04 Å². The van der Waals surface area contributed by atoms with E-state index in [2.05, 4.69) is 5.43 Å². The molecule has 0 amide bonds. The molecule has 0 aromatic heterocycles. The average Bonchev–Trinajstić information content (AvgIpc) is 2.43. The van der Waals surface area contributed by atoms with Crippen LogP contribution in [0, 0.1) is 23.3 Å². The lowest BCUT2D eigenvalue weighted by Gasteiger charge is -2.19. The lowest BCUT2D eigenvalue weighted by atomic mass is 9.98. The predicted molar refractivity (Wildman–Crippen MR) is 66.9 cm³/mol. The smallest absolute Gasteiger partial charge is 0.194 e. The molecule has 1 unspecified atom stereocenters. The van der Waals surface area contributed by atoms with Gasteiger partial charge in [-0.2, -0.15) is 0 Å². The molecule has 0 saturated heterocycles. The van der Waals surface area contributed by atoms with Crippen LogP contribution < -0.4 is 11.3 Å². The molecule has 0 bridgehead atoms. The second-order valence-electron chi connectivity index (χ2n) is 4.03. The van der Waals surface area contributed by atoms with Crippen molar-refractivity contribution in [1.29, 1.82) is 0 Å². The van der Waals surface area contributed by atoms with Gasteiger partial charge in [0.1, 0.15) is 5.82 Å².